The van der Waals surface area contributed by atoms with Crippen LogP contribution in [0, 0.1) is 0 Å². The van der Waals surface area contributed by atoms with Crippen LogP contribution in [0.4, 0.5) is 0 Å². The fourth-order valence-electron chi connectivity index (χ4n) is 2.02. The van der Waals surface area contributed by atoms with E-state index in [4.69, 9.17) is 0 Å². The van der Waals surface area contributed by atoms with Gasteiger partial charge in [0.05, 0.1) is 12.2 Å². The monoisotopic (exact) mass is 312 g/mol. The summed E-state index contributed by atoms with van der Waals surface area (Å²) in [5.74, 6) is 0.384. The molecule has 0 bridgehead atoms. The molecule has 4 nitrogen and oxygen atoms in total. The van der Waals surface area contributed by atoms with E-state index in [1.807, 2.05) is 0 Å². The average Bonchev–Trinajstić information content (AvgIpc) is 2.54. The second kappa shape index (κ2) is 8.17. The molecule has 4 N–H and O–H groups in total. The van der Waals surface area contributed by atoms with Crippen molar-refractivity contribution in [1.82, 2.24) is 0 Å². The van der Waals surface area contributed by atoms with Crippen molar-refractivity contribution in [2.24, 2.45) is 0 Å². The summed E-state index contributed by atoms with van der Waals surface area (Å²) < 4.78 is 0. The topological polar surface area (TPSA) is 80.9 Å². The number of hydrogen-bond acceptors (Lipinski definition) is 4. The molecule has 0 saturated heterocycles. The summed E-state index contributed by atoms with van der Waals surface area (Å²) in [6, 6.07) is 13.2. The Balaban J connectivity index is 1.85. The van der Waals surface area contributed by atoms with Gasteiger partial charge in [0.15, 0.2) is 0 Å². The van der Waals surface area contributed by atoms with Gasteiger partial charge in [0.25, 0.3) is 0 Å². The van der Waals surface area contributed by atoms with E-state index in [-0.39, 0.29) is 17.9 Å². The Morgan fingerprint density at radius 3 is 1.35 bits per heavy atom. The molecule has 2 aromatic carbocycles. The molecule has 0 aliphatic carbocycles. The summed E-state index contributed by atoms with van der Waals surface area (Å²) in [6.45, 7) is 0. The minimum Gasteiger partial charge on any atom is -0.508 e. The Bertz CT molecular complexity index is 597. The van der Waals surface area contributed by atoms with E-state index in [1.54, 1.807) is 72.8 Å². The van der Waals surface area contributed by atoms with Gasteiger partial charge in [-0.15, -0.1) is 0 Å². The Kier molecular flexibility index (Phi) is 5.97. The highest BCUT2D eigenvalue weighted by Crippen LogP contribution is 2.13. The minimum absolute atomic E-state index is 0.184. The zero-order chi connectivity index (χ0) is 16.7. The van der Waals surface area contributed by atoms with E-state index in [0.29, 0.717) is 0 Å². The van der Waals surface area contributed by atoms with Crippen molar-refractivity contribution in [2.45, 2.75) is 18.6 Å². The predicted octanol–water partition coefficient (Wildman–Crippen LogP) is 2.94. The van der Waals surface area contributed by atoms with Crippen LogP contribution in [0.3, 0.4) is 0 Å². The van der Waals surface area contributed by atoms with Crippen LogP contribution in [0.15, 0.2) is 60.7 Å². The maximum atomic E-state index is 9.91. The van der Waals surface area contributed by atoms with E-state index in [9.17, 15) is 20.4 Å². The van der Waals surface area contributed by atoms with Gasteiger partial charge in [-0.1, -0.05) is 48.6 Å². The molecular weight excluding hydrogens is 292 g/mol. The zero-order valence-corrected chi connectivity index (χ0v) is 12.6. The average molecular weight is 312 g/mol. The molecule has 0 radical (unpaired) electrons. The first kappa shape index (κ1) is 16.8. The molecule has 0 saturated carbocycles. The first-order valence-electron chi connectivity index (χ1n) is 7.33. The molecule has 0 aliphatic rings. The van der Waals surface area contributed by atoms with Crippen molar-refractivity contribution >= 4 is 12.2 Å². The van der Waals surface area contributed by atoms with Crippen LogP contribution in [0.5, 0.6) is 11.5 Å². The van der Waals surface area contributed by atoms with Gasteiger partial charge >= 0.3 is 0 Å². The molecule has 4 heteroatoms. The SMILES string of the molecule is Oc1ccc(/C=C/C(O)CC(O)/C=C/c2ccc(O)cc2)cc1. The first-order chi connectivity index (χ1) is 11.0. The number of benzene rings is 2. The van der Waals surface area contributed by atoms with Crippen molar-refractivity contribution in [1.29, 1.82) is 0 Å². The summed E-state index contributed by atoms with van der Waals surface area (Å²) in [7, 11) is 0. The standard InChI is InChI=1S/C19H20O4/c20-16-7-1-14(2-8-16)5-11-18(22)13-19(23)12-6-15-3-9-17(21)10-4-15/h1-12,18-23H,13H2/b11-5+,12-6+. The minimum atomic E-state index is -0.775. The molecule has 2 atom stereocenters. The molecule has 2 unspecified atom stereocenters. The second-order valence-electron chi connectivity index (χ2n) is 5.27. The molecule has 2 rings (SSSR count). The fourth-order valence-corrected chi connectivity index (χ4v) is 2.02. The first-order valence-corrected chi connectivity index (χ1v) is 7.33. The number of hydrogen-bond donors (Lipinski definition) is 4. The van der Waals surface area contributed by atoms with Gasteiger partial charge in [-0.2, -0.15) is 0 Å². The van der Waals surface area contributed by atoms with Crippen LogP contribution in [-0.2, 0) is 0 Å². The van der Waals surface area contributed by atoms with Crippen LogP contribution < -0.4 is 0 Å². The van der Waals surface area contributed by atoms with Crippen LogP contribution >= 0.6 is 0 Å². The highest BCUT2D eigenvalue weighted by molar-refractivity contribution is 5.52. The summed E-state index contributed by atoms with van der Waals surface area (Å²) >= 11 is 0. The third kappa shape index (κ3) is 5.98. The van der Waals surface area contributed by atoms with Gasteiger partial charge in [-0.05, 0) is 35.4 Å². The normalized spacial score (nSPS) is 14.3. The summed E-state index contributed by atoms with van der Waals surface area (Å²) in [5.41, 5.74) is 1.71. The molecule has 120 valence electrons. The van der Waals surface area contributed by atoms with Crippen molar-refractivity contribution in [3.8, 4) is 11.5 Å². The molecule has 0 aromatic heterocycles. The summed E-state index contributed by atoms with van der Waals surface area (Å²) in [4.78, 5) is 0. The molecule has 2 aromatic rings. The van der Waals surface area contributed by atoms with Crippen LogP contribution in [0.25, 0.3) is 12.2 Å². The van der Waals surface area contributed by atoms with Gasteiger partial charge in [0, 0.05) is 6.42 Å². The third-order valence-corrected chi connectivity index (χ3v) is 3.29. The number of phenols is 2. The third-order valence-electron chi connectivity index (χ3n) is 3.29. The smallest absolute Gasteiger partial charge is 0.115 e. The molecule has 0 aliphatic heterocycles. The van der Waals surface area contributed by atoms with Gasteiger partial charge < -0.3 is 20.4 Å². The summed E-state index contributed by atoms with van der Waals surface area (Å²) in [5, 5.41) is 38.2. The van der Waals surface area contributed by atoms with E-state index >= 15 is 0 Å². The van der Waals surface area contributed by atoms with Crippen LogP contribution in [0.2, 0.25) is 0 Å². The van der Waals surface area contributed by atoms with Crippen molar-refractivity contribution in [3.63, 3.8) is 0 Å². The zero-order valence-electron chi connectivity index (χ0n) is 12.6. The molecule has 0 heterocycles. The maximum Gasteiger partial charge on any atom is 0.115 e. The van der Waals surface area contributed by atoms with E-state index < -0.39 is 12.2 Å². The fraction of sp³-hybridized carbons (Fsp3) is 0.158. The largest absolute Gasteiger partial charge is 0.508 e. The van der Waals surface area contributed by atoms with Crippen molar-refractivity contribution < 1.29 is 20.4 Å². The lowest BCUT2D eigenvalue weighted by atomic mass is 10.1. The van der Waals surface area contributed by atoms with Gasteiger partial charge in [-0.3, -0.25) is 0 Å². The maximum absolute atomic E-state index is 9.91. The van der Waals surface area contributed by atoms with Crippen LogP contribution in [0.1, 0.15) is 17.5 Å². The Labute approximate surface area is 135 Å². The predicted molar refractivity (Wildman–Crippen MR) is 90.9 cm³/mol. The Morgan fingerprint density at radius 2 is 1.00 bits per heavy atom. The summed E-state index contributed by atoms with van der Waals surface area (Å²) in [6.07, 6.45) is 5.31. The number of phenolic OH excluding ortho intramolecular Hbond substituents is 2. The van der Waals surface area contributed by atoms with Gasteiger partial charge in [-0.25, -0.2) is 0 Å². The molecule has 0 amide bonds. The Hall–Kier alpha value is -2.56. The molecule has 0 spiro atoms. The highest BCUT2D eigenvalue weighted by Gasteiger charge is 2.06. The van der Waals surface area contributed by atoms with E-state index in [1.165, 1.54) is 0 Å². The second-order valence-corrected chi connectivity index (χ2v) is 5.27. The van der Waals surface area contributed by atoms with Gasteiger partial charge in [0.2, 0.25) is 0 Å². The van der Waals surface area contributed by atoms with Crippen molar-refractivity contribution in [2.75, 3.05) is 0 Å². The highest BCUT2D eigenvalue weighted by atomic mass is 16.3. The Morgan fingerprint density at radius 1 is 0.652 bits per heavy atom. The van der Waals surface area contributed by atoms with E-state index in [0.717, 1.165) is 11.1 Å². The molecular formula is C19H20O4. The number of rotatable bonds is 6. The lowest BCUT2D eigenvalue weighted by Crippen LogP contribution is -2.13. The number of aliphatic hydroxyl groups is 2. The number of aliphatic hydroxyl groups excluding tert-OH is 2. The number of aromatic hydroxyl groups is 2. The van der Waals surface area contributed by atoms with E-state index in [2.05, 4.69) is 0 Å². The molecule has 23 heavy (non-hydrogen) atoms. The lowest BCUT2D eigenvalue weighted by molar-refractivity contribution is 0.134. The van der Waals surface area contributed by atoms with Crippen molar-refractivity contribution in [3.05, 3.63) is 71.8 Å². The molecule has 0 fully saturated rings. The van der Waals surface area contributed by atoms with Crippen LogP contribution in [-0.4, -0.2) is 32.6 Å². The van der Waals surface area contributed by atoms with Gasteiger partial charge in [0.1, 0.15) is 11.5 Å². The lowest BCUT2D eigenvalue weighted by Gasteiger charge is -2.09. The quantitative estimate of drug-likeness (QED) is 0.661.